The predicted molar refractivity (Wildman–Crippen MR) is 121 cm³/mol. The van der Waals surface area contributed by atoms with E-state index in [2.05, 4.69) is 4.99 Å². The van der Waals surface area contributed by atoms with Gasteiger partial charge in [-0.15, -0.1) is 0 Å². The fraction of sp³-hybridized carbons (Fsp3) is 0.120. The summed E-state index contributed by atoms with van der Waals surface area (Å²) in [6, 6.07) is 24.4. The van der Waals surface area contributed by atoms with Crippen molar-refractivity contribution in [1.82, 2.24) is 0 Å². The minimum atomic E-state index is -1.08. The Morgan fingerprint density at radius 2 is 1.58 bits per heavy atom. The Kier molecular flexibility index (Phi) is 6.85. The van der Waals surface area contributed by atoms with E-state index in [1.165, 1.54) is 4.90 Å². The van der Waals surface area contributed by atoms with Gasteiger partial charge in [-0.3, -0.25) is 14.6 Å². The van der Waals surface area contributed by atoms with E-state index >= 15 is 0 Å². The van der Waals surface area contributed by atoms with Crippen LogP contribution >= 0.6 is 0 Å². The molecule has 0 fully saturated rings. The van der Waals surface area contributed by atoms with E-state index < -0.39 is 12.1 Å². The van der Waals surface area contributed by atoms with Crippen molar-refractivity contribution in [3.05, 3.63) is 101 Å². The number of ketones is 1. The number of amides is 1. The van der Waals surface area contributed by atoms with E-state index in [0.29, 0.717) is 17.0 Å². The number of fused-ring (bicyclic) bond motifs is 1. The summed E-state index contributed by atoms with van der Waals surface area (Å²) in [7, 11) is 0. The van der Waals surface area contributed by atoms with Gasteiger partial charge in [0.25, 0.3) is 5.91 Å². The summed E-state index contributed by atoms with van der Waals surface area (Å²) in [5.41, 5.74) is 10.5. The minimum Gasteiger partial charge on any atom is -0.307 e. The van der Waals surface area contributed by atoms with Crippen LogP contribution in [0.4, 0.5) is 5.69 Å². The van der Waals surface area contributed by atoms with Gasteiger partial charge in [-0.2, -0.15) is 0 Å². The van der Waals surface area contributed by atoms with Crippen molar-refractivity contribution in [2.24, 2.45) is 10.7 Å². The number of aryl methyl sites for hydroxylation is 1. The van der Waals surface area contributed by atoms with Crippen molar-refractivity contribution in [3.8, 4) is 0 Å². The van der Waals surface area contributed by atoms with Crippen molar-refractivity contribution in [1.29, 1.82) is 0 Å². The van der Waals surface area contributed by atoms with Crippen LogP contribution in [-0.2, 0) is 9.59 Å². The normalized spacial score (nSPS) is 15.2. The van der Waals surface area contributed by atoms with Crippen LogP contribution in [0.25, 0.3) is 0 Å². The van der Waals surface area contributed by atoms with Gasteiger partial charge in [-0.05, 0) is 18.6 Å². The molecule has 4 rings (SSSR count). The third-order valence-corrected chi connectivity index (χ3v) is 5.03. The Morgan fingerprint density at radius 1 is 0.968 bits per heavy atom. The number of benzene rings is 3. The number of hydrogen-bond acceptors (Lipinski definition) is 5. The van der Waals surface area contributed by atoms with Gasteiger partial charge >= 0.3 is 0 Å². The summed E-state index contributed by atoms with van der Waals surface area (Å²) in [5.74, 6) is -0.535. The number of aliphatic imine (C=N–C) groups is 1. The standard InChI is InChI=1S/C24H21N3O2.CH2O/c1-16-9-5-6-12-18(16)21(28)15-27-20-14-8-7-13-19(20)22(26-23(25)24(27)29)17-10-3-2-4-11-17;1-2/h2-14,23H,15,25H2,1H3;1H2. The molecule has 0 saturated heterocycles. The molecule has 3 aromatic rings. The van der Waals surface area contributed by atoms with Gasteiger partial charge < -0.3 is 15.4 Å². The maximum atomic E-state index is 13.1. The molecule has 31 heavy (non-hydrogen) atoms. The summed E-state index contributed by atoms with van der Waals surface area (Å²) in [5, 5.41) is 0. The maximum absolute atomic E-state index is 13.1. The van der Waals surface area contributed by atoms with Gasteiger partial charge in [0.2, 0.25) is 0 Å². The molecule has 0 spiro atoms. The average molecular weight is 413 g/mol. The molecule has 0 radical (unpaired) electrons. The lowest BCUT2D eigenvalue weighted by molar-refractivity contribution is -0.119. The number of carbonyl (C=O) groups is 3. The highest BCUT2D eigenvalue weighted by Crippen LogP contribution is 2.28. The third-order valence-electron chi connectivity index (χ3n) is 5.03. The van der Waals surface area contributed by atoms with Gasteiger partial charge in [-0.25, -0.2) is 0 Å². The Balaban J connectivity index is 0.00000132. The van der Waals surface area contributed by atoms with E-state index in [9.17, 15) is 9.59 Å². The highest BCUT2D eigenvalue weighted by molar-refractivity contribution is 6.21. The first-order chi connectivity index (χ1) is 15.1. The van der Waals surface area contributed by atoms with Crippen molar-refractivity contribution in [2.75, 3.05) is 11.4 Å². The molecule has 1 atom stereocenters. The summed E-state index contributed by atoms with van der Waals surface area (Å²) in [4.78, 5) is 40.0. The van der Waals surface area contributed by atoms with E-state index in [4.69, 9.17) is 10.5 Å². The zero-order valence-corrected chi connectivity index (χ0v) is 17.2. The predicted octanol–water partition coefficient (Wildman–Crippen LogP) is 3.16. The Bertz CT molecular complexity index is 1130. The molecular weight excluding hydrogens is 390 g/mol. The van der Waals surface area contributed by atoms with Crippen LogP contribution in [0.3, 0.4) is 0 Å². The van der Waals surface area contributed by atoms with Crippen molar-refractivity contribution >= 4 is 29.9 Å². The van der Waals surface area contributed by atoms with Gasteiger partial charge in [0.1, 0.15) is 6.79 Å². The van der Waals surface area contributed by atoms with Crippen molar-refractivity contribution in [2.45, 2.75) is 13.1 Å². The minimum absolute atomic E-state index is 0.0913. The number of anilines is 1. The molecule has 3 aromatic carbocycles. The van der Waals surface area contributed by atoms with Crippen LogP contribution in [0.5, 0.6) is 0 Å². The highest BCUT2D eigenvalue weighted by atomic mass is 16.2. The quantitative estimate of drug-likeness (QED) is 0.665. The van der Waals surface area contributed by atoms with Crippen LogP contribution in [0.2, 0.25) is 0 Å². The molecular formula is C25H23N3O3. The molecule has 1 heterocycles. The van der Waals surface area contributed by atoms with Crippen molar-refractivity contribution < 1.29 is 14.4 Å². The first-order valence-corrected chi connectivity index (χ1v) is 9.73. The number of benzodiazepines with no additional fused rings is 1. The summed E-state index contributed by atoms with van der Waals surface area (Å²) < 4.78 is 0. The van der Waals surface area contributed by atoms with E-state index in [1.807, 2.05) is 86.5 Å². The van der Waals surface area contributed by atoms with Gasteiger partial charge in [0, 0.05) is 16.7 Å². The Morgan fingerprint density at radius 3 is 2.29 bits per heavy atom. The molecule has 0 aromatic heterocycles. The molecule has 2 N–H and O–H groups in total. The first-order valence-electron chi connectivity index (χ1n) is 9.73. The summed E-state index contributed by atoms with van der Waals surface area (Å²) in [6.07, 6.45) is -1.08. The third kappa shape index (κ3) is 4.49. The second kappa shape index (κ2) is 9.73. The number of carbonyl (C=O) groups excluding carboxylic acids is 3. The summed E-state index contributed by atoms with van der Waals surface area (Å²) in [6.45, 7) is 3.79. The molecule has 0 bridgehead atoms. The smallest absolute Gasteiger partial charge is 0.266 e. The lowest BCUT2D eigenvalue weighted by Gasteiger charge is -2.24. The lowest BCUT2D eigenvalue weighted by atomic mass is 9.99. The second-order valence-electron chi connectivity index (χ2n) is 6.97. The monoisotopic (exact) mass is 413 g/mol. The highest BCUT2D eigenvalue weighted by Gasteiger charge is 2.31. The molecule has 0 saturated carbocycles. The molecule has 6 nitrogen and oxygen atoms in total. The number of nitrogens with zero attached hydrogens (tertiary/aromatic N) is 2. The molecule has 6 heteroatoms. The Labute approximate surface area is 181 Å². The summed E-state index contributed by atoms with van der Waals surface area (Å²) >= 11 is 0. The number of nitrogens with two attached hydrogens (primary N) is 1. The molecule has 1 amide bonds. The number of para-hydroxylation sites is 1. The van der Waals surface area contributed by atoms with E-state index in [-0.39, 0.29) is 12.3 Å². The van der Waals surface area contributed by atoms with E-state index in [1.54, 1.807) is 6.07 Å². The SMILES string of the molecule is C=O.Cc1ccccc1C(=O)CN1C(=O)C(N)N=C(c2ccccc2)c2ccccc21. The zero-order chi connectivity index (χ0) is 22.4. The average Bonchev–Trinajstić information content (AvgIpc) is 2.92. The Hall–Kier alpha value is -3.90. The zero-order valence-electron chi connectivity index (χ0n) is 17.2. The molecule has 156 valence electrons. The van der Waals surface area contributed by atoms with Gasteiger partial charge in [0.15, 0.2) is 11.9 Å². The number of rotatable bonds is 4. The lowest BCUT2D eigenvalue weighted by Crippen LogP contribution is -2.44. The molecule has 1 aliphatic heterocycles. The van der Waals surface area contributed by atoms with Gasteiger partial charge in [-0.1, -0.05) is 72.8 Å². The maximum Gasteiger partial charge on any atom is 0.266 e. The van der Waals surface area contributed by atoms with Crippen LogP contribution in [0, 0.1) is 6.92 Å². The molecule has 0 aliphatic carbocycles. The first kappa shape index (κ1) is 21.8. The van der Waals surface area contributed by atoms with Crippen molar-refractivity contribution in [3.63, 3.8) is 0 Å². The number of Topliss-reactive ketones (excluding diaryl/α,β-unsaturated/α-hetero) is 1. The van der Waals surface area contributed by atoms with Gasteiger partial charge in [0.05, 0.1) is 17.9 Å². The molecule has 1 unspecified atom stereocenters. The fourth-order valence-electron chi connectivity index (χ4n) is 3.56. The van der Waals surface area contributed by atoms with Crippen LogP contribution in [-0.4, -0.2) is 36.9 Å². The topological polar surface area (TPSA) is 92.8 Å². The van der Waals surface area contributed by atoms with Crippen LogP contribution < -0.4 is 10.6 Å². The van der Waals surface area contributed by atoms with Crippen LogP contribution in [0.15, 0.2) is 83.9 Å². The molecule has 1 aliphatic rings. The van der Waals surface area contributed by atoms with Crippen LogP contribution in [0.1, 0.15) is 27.0 Å². The van der Waals surface area contributed by atoms with E-state index in [0.717, 1.165) is 16.7 Å². The fourth-order valence-corrected chi connectivity index (χ4v) is 3.56. The number of hydrogen-bond donors (Lipinski definition) is 1. The largest absolute Gasteiger partial charge is 0.307 e. The second-order valence-corrected chi connectivity index (χ2v) is 6.97.